The van der Waals surface area contributed by atoms with Gasteiger partial charge >= 0.3 is 0 Å². The van der Waals surface area contributed by atoms with Crippen LogP contribution in [0.15, 0.2) is 41.5 Å². The lowest BCUT2D eigenvalue weighted by atomic mass is 9.98. The van der Waals surface area contributed by atoms with Gasteiger partial charge < -0.3 is 25.3 Å². The minimum absolute atomic E-state index is 0. The predicted octanol–water partition coefficient (Wildman–Crippen LogP) is 4.03. The first-order valence-corrected chi connectivity index (χ1v) is 10.0. The maximum atomic E-state index is 6.03. The summed E-state index contributed by atoms with van der Waals surface area (Å²) in [5.41, 5.74) is 8.06. The maximum absolute atomic E-state index is 6.03. The van der Waals surface area contributed by atoms with E-state index in [9.17, 15) is 0 Å². The molecule has 0 radical (unpaired) electrons. The largest absolute Gasteiger partial charge is 0.493 e. The molecule has 3 rings (SSSR count). The van der Waals surface area contributed by atoms with Gasteiger partial charge in [-0.1, -0.05) is 12.5 Å². The van der Waals surface area contributed by atoms with Crippen LogP contribution in [0.3, 0.4) is 0 Å². The van der Waals surface area contributed by atoms with Crippen LogP contribution in [0.4, 0.5) is 0 Å². The summed E-state index contributed by atoms with van der Waals surface area (Å²) in [5.74, 6) is 2.42. The van der Waals surface area contributed by atoms with Crippen molar-refractivity contribution in [2.24, 2.45) is 10.7 Å². The number of guanidine groups is 1. The molecule has 1 saturated carbocycles. The highest BCUT2D eigenvalue weighted by atomic mass is 127. The molecule has 30 heavy (non-hydrogen) atoms. The van der Waals surface area contributed by atoms with E-state index in [2.05, 4.69) is 15.3 Å². The van der Waals surface area contributed by atoms with Gasteiger partial charge in [0, 0.05) is 18.8 Å². The fourth-order valence-electron chi connectivity index (χ4n) is 3.38. The minimum atomic E-state index is 0. The monoisotopic (exact) mass is 526 g/mol. The van der Waals surface area contributed by atoms with E-state index in [4.69, 9.17) is 19.9 Å². The Labute approximate surface area is 195 Å². The zero-order valence-electron chi connectivity index (χ0n) is 17.6. The van der Waals surface area contributed by atoms with Crippen molar-refractivity contribution in [1.82, 2.24) is 10.3 Å². The minimum Gasteiger partial charge on any atom is -0.493 e. The van der Waals surface area contributed by atoms with Crippen molar-refractivity contribution in [2.45, 2.75) is 51.3 Å². The SMILES string of the molecule is COc1ccc(CN=C(N)NCc2ccnc(OC3CCCCC3)c2)cc1OC.I. The number of ether oxygens (including phenoxy) is 3. The lowest BCUT2D eigenvalue weighted by molar-refractivity contribution is 0.148. The Kier molecular flexibility index (Phi) is 9.99. The molecule has 1 aromatic heterocycles. The van der Waals surface area contributed by atoms with Gasteiger partial charge in [0.2, 0.25) is 5.88 Å². The van der Waals surface area contributed by atoms with E-state index in [0.717, 1.165) is 24.0 Å². The summed E-state index contributed by atoms with van der Waals surface area (Å²) in [6.07, 6.45) is 8.05. The van der Waals surface area contributed by atoms with Gasteiger partial charge in [-0.25, -0.2) is 9.98 Å². The molecule has 0 atom stereocenters. The molecule has 7 nitrogen and oxygen atoms in total. The fourth-order valence-corrected chi connectivity index (χ4v) is 3.38. The number of nitrogens with zero attached hydrogens (tertiary/aromatic N) is 2. The third-order valence-electron chi connectivity index (χ3n) is 4.99. The van der Waals surface area contributed by atoms with Crippen LogP contribution in [0.5, 0.6) is 17.4 Å². The van der Waals surface area contributed by atoms with Gasteiger partial charge in [0.1, 0.15) is 6.10 Å². The number of pyridine rings is 1. The molecule has 0 spiro atoms. The Morgan fingerprint density at radius 1 is 1.07 bits per heavy atom. The summed E-state index contributed by atoms with van der Waals surface area (Å²) in [5, 5.41) is 3.14. The zero-order valence-corrected chi connectivity index (χ0v) is 19.9. The van der Waals surface area contributed by atoms with Crippen LogP contribution < -0.4 is 25.3 Å². The summed E-state index contributed by atoms with van der Waals surface area (Å²) in [6.45, 7) is 1.01. The lowest BCUT2D eigenvalue weighted by Gasteiger charge is -2.22. The summed E-state index contributed by atoms with van der Waals surface area (Å²) < 4.78 is 16.6. The Hall–Kier alpha value is -2.23. The van der Waals surface area contributed by atoms with Crippen LogP contribution in [-0.4, -0.2) is 31.3 Å². The molecular weight excluding hydrogens is 495 g/mol. The summed E-state index contributed by atoms with van der Waals surface area (Å²) in [7, 11) is 3.23. The maximum Gasteiger partial charge on any atom is 0.213 e. The van der Waals surface area contributed by atoms with Crippen molar-refractivity contribution in [3.8, 4) is 17.4 Å². The lowest BCUT2D eigenvalue weighted by Crippen LogP contribution is -2.31. The molecule has 1 heterocycles. The first-order valence-electron chi connectivity index (χ1n) is 10.0. The average Bonchev–Trinajstić information content (AvgIpc) is 2.77. The molecule has 0 bridgehead atoms. The number of nitrogens with one attached hydrogen (secondary N) is 1. The van der Waals surface area contributed by atoms with Gasteiger partial charge in [-0.2, -0.15) is 0 Å². The van der Waals surface area contributed by atoms with Gasteiger partial charge in [0.25, 0.3) is 0 Å². The average molecular weight is 526 g/mol. The highest BCUT2D eigenvalue weighted by molar-refractivity contribution is 14.0. The van der Waals surface area contributed by atoms with E-state index >= 15 is 0 Å². The smallest absolute Gasteiger partial charge is 0.213 e. The summed E-state index contributed by atoms with van der Waals surface area (Å²) in [4.78, 5) is 8.73. The zero-order chi connectivity index (χ0) is 20.5. The Balaban J connectivity index is 0.00000320. The normalized spacial score (nSPS) is 14.5. The van der Waals surface area contributed by atoms with Crippen molar-refractivity contribution in [1.29, 1.82) is 0 Å². The van der Waals surface area contributed by atoms with Crippen LogP contribution in [0.1, 0.15) is 43.2 Å². The second kappa shape index (κ2) is 12.5. The second-order valence-corrected chi connectivity index (χ2v) is 7.12. The molecule has 0 amide bonds. The number of rotatable bonds is 8. The van der Waals surface area contributed by atoms with Gasteiger partial charge in [0.15, 0.2) is 17.5 Å². The van der Waals surface area contributed by atoms with Gasteiger partial charge in [-0.3, -0.25) is 0 Å². The molecule has 1 fully saturated rings. The number of nitrogens with two attached hydrogens (primary N) is 1. The molecule has 164 valence electrons. The molecular formula is C22H31IN4O3. The van der Waals surface area contributed by atoms with E-state index in [0.29, 0.717) is 36.4 Å². The molecule has 1 aromatic carbocycles. The van der Waals surface area contributed by atoms with Crippen LogP contribution >= 0.6 is 24.0 Å². The number of halogens is 1. The van der Waals surface area contributed by atoms with E-state index in [-0.39, 0.29) is 30.1 Å². The highest BCUT2D eigenvalue weighted by Gasteiger charge is 2.15. The van der Waals surface area contributed by atoms with Crippen molar-refractivity contribution < 1.29 is 14.2 Å². The standard InChI is InChI=1S/C22H30N4O3.HI/c1-27-19-9-8-16(12-20(19)28-2)14-25-22(23)26-15-17-10-11-24-21(13-17)29-18-6-4-3-5-7-18;/h8-13,18H,3-7,14-15H2,1-2H3,(H3,23,25,26);1H. The topological polar surface area (TPSA) is 91.0 Å². The van der Waals surface area contributed by atoms with Crippen molar-refractivity contribution in [2.75, 3.05) is 14.2 Å². The van der Waals surface area contributed by atoms with Crippen LogP contribution in [-0.2, 0) is 13.1 Å². The second-order valence-electron chi connectivity index (χ2n) is 7.12. The fraction of sp³-hybridized carbons (Fsp3) is 0.455. The molecule has 1 aliphatic carbocycles. The number of aliphatic imine (C=N–C) groups is 1. The third-order valence-corrected chi connectivity index (χ3v) is 4.99. The molecule has 0 saturated heterocycles. The van der Waals surface area contributed by atoms with E-state index in [1.807, 2.05) is 30.3 Å². The molecule has 3 N–H and O–H groups in total. The van der Waals surface area contributed by atoms with Crippen molar-refractivity contribution in [3.63, 3.8) is 0 Å². The summed E-state index contributed by atoms with van der Waals surface area (Å²) >= 11 is 0. The predicted molar refractivity (Wildman–Crippen MR) is 129 cm³/mol. The Bertz CT molecular complexity index is 826. The van der Waals surface area contributed by atoms with Gasteiger partial charge in [-0.05, 0) is 55.0 Å². The Morgan fingerprint density at radius 2 is 1.83 bits per heavy atom. The number of aromatic nitrogens is 1. The molecule has 0 unspecified atom stereocenters. The first-order chi connectivity index (χ1) is 14.2. The molecule has 1 aliphatic rings. The quantitative estimate of drug-likeness (QED) is 0.307. The number of hydrogen-bond acceptors (Lipinski definition) is 5. The number of methoxy groups -OCH3 is 2. The van der Waals surface area contributed by atoms with Gasteiger partial charge in [0.05, 0.1) is 20.8 Å². The van der Waals surface area contributed by atoms with E-state index in [1.165, 1.54) is 19.3 Å². The molecule has 8 heteroatoms. The summed E-state index contributed by atoms with van der Waals surface area (Å²) in [6, 6.07) is 9.60. The van der Waals surface area contributed by atoms with E-state index < -0.39 is 0 Å². The number of benzene rings is 1. The van der Waals surface area contributed by atoms with Gasteiger partial charge in [-0.15, -0.1) is 24.0 Å². The third kappa shape index (κ3) is 7.23. The van der Waals surface area contributed by atoms with E-state index in [1.54, 1.807) is 20.4 Å². The van der Waals surface area contributed by atoms with Crippen LogP contribution in [0.25, 0.3) is 0 Å². The Morgan fingerprint density at radius 3 is 2.57 bits per heavy atom. The van der Waals surface area contributed by atoms with Crippen LogP contribution in [0, 0.1) is 0 Å². The van der Waals surface area contributed by atoms with Crippen molar-refractivity contribution >= 4 is 29.9 Å². The molecule has 2 aromatic rings. The first kappa shape index (κ1) is 24.0. The highest BCUT2D eigenvalue weighted by Crippen LogP contribution is 2.27. The molecule has 0 aliphatic heterocycles. The van der Waals surface area contributed by atoms with Crippen LogP contribution in [0.2, 0.25) is 0 Å². The van der Waals surface area contributed by atoms with Crippen molar-refractivity contribution in [3.05, 3.63) is 47.7 Å². The number of hydrogen-bond donors (Lipinski definition) is 2.